The van der Waals surface area contributed by atoms with Gasteiger partial charge in [-0.3, -0.25) is 0 Å². The molecule has 0 amide bonds. The average molecular weight is 633 g/mol. The van der Waals surface area contributed by atoms with Crippen LogP contribution in [0.2, 0.25) is 0 Å². The third-order valence-corrected chi connectivity index (χ3v) is 11.5. The Morgan fingerprint density at radius 2 is 1.08 bits per heavy atom. The van der Waals surface area contributed by atoms with Crippen molar-refractivity contribution in [3.05, 3.63) is 169 Å². The topological polar surface area (TPSA) is 8.17 Å². The molecule has 0 aliphatic heterocycles. The van der Waals surface area contributed by atoms with Crippen LogP contribution in [0.25, 0.3) is 58.8 Å². The van der Waals surface area contributed by atoms with E-state index < -0.39 is 0 Å². The lowest BCUT2D eigenvalue weighted by Gasteiger charge is -2.30. The average Bonchev–Trinajstić information content (AvgIpc) is 3.76. The molecule has 3 heteroatoms. The summed E-state index contributed by atoms with van der Waals surface area (Å²) in [5.74, 6) is 0. The Bertz CT molecular complexity index is 2710. The maximum absolute atomic E-state index is 2.57. The van der Waals surface area contributed by atoms with Crippen LogP contribution in [0, 0.1) is 0 Å². The zero-order chi connectivity index (χ0) is 32.0. The van der Waals surface area contributed by atoms with Crippen LogP contribution in [0.3, 0.4) is 0 Å². The van der Waals surface area contributed by atoms with Crippen molar-refractivity contribution in [1.82, 2.24) is 4.57 Å². The molecule has 0 N–H and O–H groups in total. The number of thiophene rings is 1. The maximum atomic E-state index is 2.57. The molecule has 10 rings (SSSR count). The number of nitrogens with zero attached hydrogens (tertiary/aromatic N) is 2. The smallest absolute Gasteiger partial charge is 0.0562 e. The van der Waals surface area contributed by atoms with E-state index in [1.54, 1.807) is 0 Å². The Morgan fingerprint density at radius 3 is 1.96 bits per heavy atom. The molecule has 48 heavy (non-hydrogen) atoms. The lowest BCUT2D eigenvalue weighted by molar-refractivity contribution is 0.660. The van der Waals surface area contributed by atoms with Gasteiger partial charge in [0.25, 0.3) is 0 Å². The van der Waals surface area contributed by atoms with Crippen molar-refractivity contribution in [2.45, 2.75) is 19.3 Å². The Labute approximate surface area is 283 Å². The standard InChI is InChI=1S/C45H32N2S/c1-45(2)33-20-9-6-17-30(33)42-34(45)21-12-23-36(42)47(39-26-14-28-41-44(39)32-19-8-11-27-40(32)48-41)38-25-13-24-37-43(38)31-18-7-10-22-35(31)46(37)29-15-4-3-5-16-29/h3-28H,1-2H3. The summed E-state index contributed by atoms with van der Waals surface area (Å²) in [6, 6.07) is 58.0. The molecule has 0 saturated carbocycles. The van der Waals surface area contributed by atoms with Gasteiger partial charge in [0, 0.05) is 47.6 Å². The van der Waals surface area contributed by atoms with E-state index in [0.717, 1.165) is 5.69 Å². The minimum absolute atomic E-state index is 0.107. The summed E-state index contributed by atoms with van der Waals surface area (Å²) < 4.78 is 5.02. The molecule has 2 aromatic heterocycles. The summed E-state index contributed by atoms with van der Waals surface area (Å²) in [7, 11) is 0. The van der Waals surface area contributed by atoms with Gasteiger partial charge in [0.1, 0.15) is 0 Å². The van der Waals surface area contributed by atoms with Gasteiger partial charge in [-0.05, 0) is 71.3 Å². The van der Waals surface area contributed by atoms with Crippen LogP contribution in [0.5, 0.6) is 0 Å². The van der Waals surface area contributed by atoms with Crippen LogP contribution >= 0.6 is 11.3 Å². The molecule has 0 bridgehead atoms. The second-order valence-electron chi connectivity index (χ2n) is 13.3. The SMILES string of the molecule is CC1(C)c2ccccc2-c2c(N(c3cccc4sc5ccccc5c34)c3cccc4c3c3ccccc3n4-c3ccccc3)cccc21. The van der Waals surface area contributed by atoms with Crippen molar-refractivity contribution in [3.8, 4) is 16.8 Å². The Balaban J connectivity index is 1.38. The molecule has 1 aliphatic rings. The highest BCUT2D eigenvalue weighted by Gasteiger charge is 2.38. The van der Waals surface area contributed by atoms with Crippen LogP contribution in [0.1, 0.15) is 25.0 Å². The third-order valence-electron chi connectivity index (χ3n) is 10.4. The third kappa shape index (κ3) is 3.74. The second-order valence-corrected chi connectivity index (χ2v) is 14.4. The van der Waals surface area contributed by atoms with Crippen molar-refractivity contribution in [1.29, 1.82) is 0 Å². The van der Waals surface area contributed by atoms with Gasteiger partial charge in [0.05, 0.1) is 28.1 Å². The molecule has 0 spiro atoms. The fourth-order valence-corrected chi connectivity index (χ4v) is 9.42. The van der Waals surface area contributed by atoms with Gasteiger partial charge in [0.2, 0.25) is 0 Å². The first-order chi connectivity index (χ1) is 23.6. The van der Waals surface area contributed by atoms with Gasteiger partial charge >= 0.3 is 0 Å². The van der Waals surface area contributed by atoms with Crippen molar-refractivity contribution >= 4 is 70.4 Å². The van der Waals surface area contributed by atoms with Crippen LogP contribution in [-0.4, -0.2) is 4.57 Å². The molecule has 9 aromatic rings. The van der Waals surface area contributed by atoms with Gasteiger partial charge in [0.15, 0.2) is 0 Å². The lowest BCUT2D eigenvalue weighted by atomic mass is 9.82. The van der Waals surface area contributed by atoms with Gasteiger partial charge in [-0.1, -0.05) is 117 Å². The molecule has 2 heterocycles. The Hall–Kier alpha value is -5.64. The van der Waals surface area contributed by atoms with Crippen LogP contribution in [0.15, 0.2) is 158 Å². The van der Waals surface area contributed by atoms with E-state index in [4.69, 9.17) is 0 Å². The molecular weight excluding hydrogens is 601 g/mol. The highest BCUT2D eigenvalue weighted by atomic mass is 32.1. The molecule has 0 unspecified atom stereocenters. The van der Waals surface area contributed by atoms with Gasteiger partial charge in [-0.2, -0.15) is 0 Å². The van der Waals surface area contributed by atoms with E-state index in [0.29, 0.717) is 0 Å². The lowest BCUT2D eigenvalue weighted by Crippen LogP contribution is -2.16. The monoisotopic (exact) mass is 632 g/mol. The number of para-hydroxylation sites is 2. The summed E-state index contributed by atoms with van der Waals surface area (Å²) in [6.45, 7) is 4.74. The molecular formula is C45H32N2S. The van der Waals surface area contributed by atoms with Crippen LogP contribution in [0.4, 0.5) is 17.1 Å². The normalized spacial score (nSPS) is 13.4. The van der Waals surface area contributed by atoms with Gasteiger partial charge < -0.3 is 9.47 Å². The largest absolute Gasteiger partial charge is 0.309 e. The van der Waals surface area contributed by atoms with E-state index in [9.17, 15) is 0 Å². The fraction of sp³-hybridized carbons (Fsp3) is 0.0667. The van der Waals surface area contributed by atoms with Crippen LogP contribution in [-0.2, 0) is 5.41 Å². The number of benzene rings is 7. The number of anilines is 3. The molecule has 0 atom stereocenters. The quantitative estimate of drug-likeness (QED) is 0.187. The first kappa shape index (κ1) is 27.5. The summed E-state index contributed by atoms with van der Waals surface area (Å²) in [6.07, 6.45) is 0. The molecule has 0 fully saturated rings. The first-order valence-electron chi connectivity index (χ1n) is 16.6. The zero-order valence-corrected chi connectivity index (χ0v) is 27.6. The molecule has 2 nitrogen and oxygen atoms in total. The number of aromatic nitrogens is 1. The predicted molar refractivity (Wildman–Crippen MR) is 206 cm³/mol. The summed E-state index contributed by atoms with van der Waals surface area (Å²) in [5.41, 5.74) is 12.4. The highest BCUT2D eigenvalue weighted by molar-refractivity contribution is 7.26. The van der Waals surface area contributed by atoms with Crippen molar-refractivity contribution in [2.75, 3.05) is 4.90 Å². The highest BCUT2D eigenvalue weighted by Crippen LogP contribution is 2.56. The van der Waals surface area contributed by atoms with E-state index in [1.165, 1.54) is 81.3 Å². The molecule has 0 saturated heterocycles. The minimum atomic E-state index is -0.107. The minimum Gasteiger partial charge on any atom is -0.309 e. The molecule has 0 radical (unpaired) electrons. The molecule has 1 aliphatic carbocycles. The first-order valence-corrected chi connectivity index (χ1v) is 17.4. The van der Waals surface area contributed by atoms with E-state index in [1.807, 2.05) is 11.3 Å². The second kappa shape index (κ2) is 10.2. The van der Waals surface area contributed by atoms with E-state index in [2.05, 4.69) is 181 Å². The number of rotatable bonds is 4. The van der Waals surface area contributed by atoms with Crippen molar-refractivity contribution in [2.24, 2.45) is 0 Å². The Morgan fingerprint density at radius 1 is 0.479 bits per heavy atom. The molecule has 228 valence electrons. The van der Waals surface area contributed by atoms with Crippen molar-refractivity contribution in [3.63, 3.8) is 0 Å². The predicted octanol–water partition coefficient (Wildman–Crippen LogP) is 12.9. The maximum Gasteiger partial charge on any atom is 0.0562 e. The Kier molecular flexibility index (Phi) is 5.82. The number of hydrogen-bond donors (Lipinski definition) is 0. The zero-order valence-electron chi connectivity index (χ0n) is 26.8. The van der Waals surface area contributed by atoms with E-state index >= 15 is 0 Å². The number of hydrogen-bond acceptors (Lipinski definition) is 2. The fourth-order valence-electron chi connectivity index (χ4n) is 8.30. The number of fused-ring (bicyclic) bond motifs is 9. The van der Waals surface area contributed by atoms with Gasteiger partial charge in [-0.15, -0.1) is 11.3 Å². The van der Waals surface area contributed by atoms with Crippen molar-refractivity contribution < 1.29 is 0 Å². The summed E-state index contributed by atoms with van der Waals surface area (Å²) >= 11 is 1.87. The van der Waals surface area contributed by atoms with Crippen LogP contribution < -0.4 is 4.90 Å². The summed E-state index contributed by atoms with van der Waals surface area (Å²) in [5, 5.41) is 5.08. The van der Waals surface area contributed by atoms with E-state index in [-0.39, 0.29) is 5.41 Å². The summed E-state index contributed by atoms with van der Waals surface area (Å²) in [4.78, 5) is 2.57. The molecule has 7 aromatic carbocycles. The van der Waals surface area contributed by atoms with Gasteiger partial charge in [-0.25, -0.2) is 0 Å².